The highest BCUT2D eigenvalue weighted by Crippen LogP contribution is 2.39. The van der Waals surface area contributed by atoms with Crippen LogP contribution in [0.5, 0.6) is 0 Å². The van der Waals surface area contributed by atoms with E-state index in [0.717, 1.165) is 0 Å². The van der Waals surface area contributed by atoms with E-state index in [9.17, 15) is 21.6 Å². The van der Waals surface area contributed by atoms with E-state index in [2.05, 4.69) is 5.16 Å². The smallest absolute Gasteiger partial charge is 0.361 e. The van der Waals surface area contributed by atoms with Gasteiger partial charge in [0.05, 0.1) is 22.6 Å². The van der Waals surface area contributed by atoms with Gasteiger partial charge in [-0.1, -0.05) is 12.1 Å². The second-order valence-electron chi connectivity index (χ2n) is 5.85. The van der Waals surface area contributed by atoms with Crippen molar-refractivity contribution in [3.63, 3.8) is 0 Å². The fraction of sp³-hybridized carbons (Fsp3) is 0.786. The van der Waals surface area contributed by atoms with E-state index in [1.54, 1.807) is 6.92 Å². The highest BCUT2D eigenvalue weighted by Gasteiger charge is 2.43. The number of alkyl halides is 3. The molecule has 0 spiro atoms. The molecule has 1 heterocycles. The summed E-state index contributed by atoms with van der Waals surface area (Å²) in [6.07, 6.45) is -3.79. The lowest BCUT2D eigenvalue weighted by atomic mass is 9.88. The van der Waals surface area contributed by atoms with Gasteiger partial charge in [-0.3, -0.25) is 0 Å². The predicted octanol–water partition coefficient (Wildman–Crippen LogP) is 3.58. The molecule has 22 heavy (non-hydrogen) atoms. The van der Waals surface area contributed by atoms with E-state index < -0.39 is 27.2 Å². The molecule has 0 amide bonds. The third-order valence-electron chi connectivity index (χ3n) is 4.38. The van der Waals surface area contributed by atoms with Crippen molar-refractivity contribution >= 4 is 9.84 Å². The molecule has 0 unspecified atom stereocenters. The number of aryl methyl sites for hydroxylation is 2. The highest BCUT2D eigenvalue weighted by atomic mass is 32.2. The Balaban J connectivity index is 2.08. The van der Waals surface area contributed by atoms with Crippen molar-refractivity contribution in [2.75, 3.05) is 0 Å². The summed E-state index contributed by atoms with van der Waals surface area (Å²) in [4.78, 5) is 0. The molecule has 1 aromatic heterocycles. The summed E-state index contributed by atoms with van der Waals surface area (Å²) < 4.78 is 68.0. The van der Waals surface area contributed by atoms with Crippen molar-refractivity contribution in [3.8, 4) is 0 Å². The quantitative estimate of drug-likeness (QED) is 0.841. The summed E-state index contributed by atoms with van der Waals surface area (Å²) in [5.74, 6) is -1.04. The maximum absolute atomic E-state index is 12.7. The van der Waals surface area contributed by atoms with Crippen LogP contribution in [0.3, 0.4) is 0 Å². The van der Waals surface area contributed by atoms with Gasteiger partial charge < -0.3 is 4.52 Å². The van der Waals surface area contributed by atoms with Crippen LogP contribution >= 0.6 is 0 Å². The number of aromatic nitrogens is 1. The zero-order valence-electron chi connectivity index (χ0n) is 12.6. The van der Waals surface area contributed by atoms with Crippen LogP contribution in [0.1, 0.15) is 49.6 Å². The van der Waals surface area contributed by atoms with Crippen LogP contribution in [0.25, 0.3) is 0 Å². The van der Waals surface area contributed by atoms with Gasteiger partial charge in [-0.05, 0) is 32.6 Å². The molecule has 1 aliphatic rings. The maximum Gasteiger partial charge on any atom is 0.391 e. The zero-order chi connectivity index (χ0) is 16.5. The molecule has 0 aromatic carbocycles. The van der Waals surface area contributed by atoms with Crippen molar-refractivity contribution in [1.82, 2.24) is 5.16 Å². The molecule has 0 atom stereocenters. The van der Waals surface area contributed by atoms with Crippen LogP contribution < -0.4 is 0 Å². The molecule has 0 N–H and O–H groups in total. The van der Waals surface area contributed by atoms with Crippen molar-refractivity contribution in [3.05, 3.63) is 17.0 Å². The fourth-order valence-electron chi connectivity index (χ4n) is 2.97. The van der Waals surface area contributed by atoms with Crippen LogP contribution in [-0.4, -0.2) is 25.0 Å². The van der Waals surface area contributed by atoms with E-state index in [0.29, 0.717) is 23.4 Å². The lowest BCUT2D eigenvalue weighted by molar-refractivity contribution is -0.181. The third-order valence-corrected chi connectivity index (χ3v) is 6.56. The fourth-order valence-corrected chi connectivity index (χ4v) is 4.97. The summed E-state index contributed by atoms with van der Waals surface area (Å²) in [6.45, 7) is 3.51. The molecule has 0 radical (unpaired) electrons. The summed E-state index contributed by atoms with van der Waals surface area (Å²) in [6, 6.07) is 0. The molecule has 0 aliphatic heterocycles. The number of rotatable bonds is 4. The number of halogens is 3. The van der Waals surface area contributed by atoms with Gasteiger partial charge in [-0.2, -0.15) is 13.2 Å². The Morgan fingerprint density at radius 1 is 1.23 bits per heavy atom. The van der Waals surface area contributed by atoms with Crippen LogP contribution in [-0.2, 0) is 22.0 Å². The van der Waals surface area contributed by atoms with E-state index in [1.165, 1.54) is 0 Å². The number of nitrogens with zero attached hydrogens (tertiary/aromatic N) is 1. The summed E-state index contributed by atoms with van der Waals surface area (Å²) >= 11 is 0. The second-order valence-corrected chi connectivity index (χ2v) is 8.13. The van der Waals surface area contributed by atoms with Gasteiger partial charge in [0.25, 0.3) is 0 Å². The first-order valence-electron chi connectivity index (χ1n) is 7.37. The Kier molecular flexibility index (Phi) is 4.89. The minimum atomic E-state index is -4.23. The Morgan fingerprint density at radius 2 is 1.82 bits per heavy atom. The Hall–Kier alpha value is -1.05. The average molecular weight is 339 g/mol. The molecule has 1 saturated carbocycles. The lowest BCUT2D eigenvalue weighted by Gasteiger charge is -2.29. The van der Waals surface area contributed by atoms with Crippen LogP contribution in [0.2, 0.25) is 0 Å². The SMILES string of the molecule is CCc1onc(C)c1CS(=O)(=O)C1CCC(C(F)(F)F)CC1. The van der Waals surface area contributed by atoms with Gasteiger partial charge in [0.2, 0.25) is 0 Å². The topological polar surface area (TPSA) is 60.2 Å². The van der Waals surface area contributed by atoms with Crippen molar-refractivity contribution < 1.29 is 26.1 Å². The lowest BCUT2D eigenvalue weighted by Crippen LogP contribution is -2.33. The van der Waals surface area contributed by atoms with Crippen LogP contribution in [0, 0.1) is 12.8 Å². The Labute approximate surface area is 128 Å². The monoisotopic (exact) mass is 339 g/mol. The van der Waals surface area contributed by atoms with Crippen molar-refractivity contribution in [2.45, 2.75) is 63.1 Å². The normalized spacial score (nSPS) is 23.7. The number of hydrogen-bond acceptors (Lipinski definition) is 4. The molecule has 1 aromatic rings. The molecule has 126 valence electrons. The van der Waals surface area contributed by atoms with E-state index in [1.807, 2.05) is 6.92 Å². The summed E-state index contributed by atoms with van der Waals surface area (Å²) in [5, 5.41) is 3.07. The van der Waals surface area contributed by atoms with E-state index in [-0.39, 0.29) is 31.4 Å². The largest absolute Gasteiger partial charge is 0.391 e. The first kappa shape index (κ1) is 17.3. The minimum absolute atomic E-state index is 0.0678. The van der Waals surface area contributed by atoms with Gasteiger partial charge in [0.1, 0.15) is 5.76 Å². The van der Waals surface area contributed by atoms with Crippen LogP contribution in [0.4, 0.5) is 13.2 Å². The Bertz CT molecular complexity index is 614. The van der Waals surface area contributed by atoms with Crippen LogP contribution in [0.15, 0.2) is 4.52 Å². The van der Waals surface area contributed by atoms with Gasteiger partial charge in [0.15, 0.2) is 9.84 Å². The maximum atomic E-state index is 12.7. The first-order chi connectivity index (χ1) is 10.1. The molecule has 2 rings (SSSR count). The molecule has 8 heteroatoms. The zero-order valence-corrected chi connectivity index (χ0v) is 13.4. The first-order valence-corrected chi connectivity index (χ1v) is 9.09. The Morgan fingerprint density at radius 3 is 2.32 bits per heavy atom. The molecule has 1 fully saturated rings. The number of sulfone groups is 1. The highest BCUT2D eigenvalue weighted by molar-refractivity contribution is 7.91. The molecular weight excluding hydrogens is 319 g/mol. The van der Waals surface area contributed by atoms with Gasteiger partial charge in [-0.25, -0.2) is 8.42 Å². The summed E-state index contributed by atoms with van der Waals surface area (Å²) in [5.41, 5.74) is 1.09. The molecule has 0 saturated heterocycles. The minimum Gasteiger partial charge on any atom is -0.361 e. The molecule has 1 aliphatic carbocycles. The standard InChI is InChI=1S/C14H20F3NO3S/c1-3-13-12(9(2)18-21-13)8-22(19,20)11-6-4-10(5-7-11)14(15,16)17/h10-11H,3-8H2,1-2H3. The predicted molar refractivity (Wildman–Crippen MR) is 75.0 cm³/mol. The van der Waals surface area contributed by atoms with Crippen molar-refractivity contribution in [1.29, 1.82) is 0 Å². The number of hydrogen-bond donors (Lipinski definition) is 0. The van der Waals surface area contributed by atoms with Gasteiger partial charge in [0, 0.05) is 12.0 Å². The van der Waals surface area contributed by atoms with Gasteiger partial charge in [-0.15, -0.1) is 0 Å². The third kappa shape index (κ3) is 3.64. The van der Waals surface area contributed by atoms with E-state index in [4.69, 9.17) is 4.52 Å². The second kappa shape index (κ2) is 6.22. The molecular formula is C14H20F3NO3S. The average Bonchev–Trinajstić information content (AvgIpc) is 2.78. The van der Waals surface area contributed by atoms with Gasteiger partial charge >= 0.3 is 6.18 Å². The summed E-state index contributed by atoms with van der Waals surface area (Å²) in [7, 11) is -3.50. The van der Waals surface area contributed by atoms with Crippen molar-refractivity contribution in [2.24, 2.45) is 5.92 Å². The molecule has 0 bridgehead atoms. The van der Waals surface area contributed by atoms with E-state index >= 15 is 0 Å². The molecule has 4 nitrogen and oxygen atoms in total.